The number of hydrogen-bond acceptors (Lipinski definition) is 4. The molecular formula is C29H29F3N4O2. The normalized spacial score (nSPS) is 20.2. The van der Waals surface area contributed by atoms with Gasteiger partial charge < -0.3 is 14.6 Å². The third-order valence-electron chi connectivity index (χ3n) is 7.82. The molecule has 38 heavy (non-hydrogen) atoms. The van der Waals surface area contributed by atoms with Crippen LogP contribution in [0.5, 0.6) is 0 Å². The SMILES string of the molecule is CO[C@H]1CC[C@@H](c2nc(C(F)(F)F)c(-c3cc(C(=O)N4CC(c5ccc(C#N)cc5)C4)ccc3C)[nH]2)CC1. The number of likely N-dealkylation sites (tertiary alicyclic amines) is 1. The Morgan fingerprint density at radius 2 is 1.76 bits per heavy atom. The van der Waals surface area contributed by atoms with Crippen LogP contribution in [0, 0.1) is 18.3 Å². The molecule has 1 amide bonds. The Morgan fingerprint density at radius 1 is 1.08 bits per heavy atom. The molecule has 0 bridgehead atoms. The molecule has 0 radical (unpaired) electrons. The minimum Gasteiger partial charge on any atom is -0.381 e. The van der Waals surface area contributed by atoms with Crippen LogP contribution in [-0.2, 0) is 10.9 Å². The summed E-state index contributed by atoms with van der Waals surface area (Å²) < 4.78 is 47.6. The van der Waals surface area contributed by atoms with Crippen LogP contribution in [0.1, 0.15) is 76.1 Å². The summed E-state index contributed by atoms with van der Waals surface area (Å²) >= 11 is 0. The number of nitrogens with zero attached hydrogens (tertiary/aromatic N) is 3. The number of aryl methyl sites for hydroxylation is 1. The predicted molar refractivity (Wildman–Crippen MR) is 136 cm³/mol. The van der Waals surface area contributed by atoms with Gasteiger partial charge in [-0.2, -0.15) is 18.4 Å². The lowest BCUT2D eigenvalue weighted by Gasteiger charge is -2.39. The summed E-state index contributed by atoms with van der Waals surface area (Å²) in [5.74, 6) is 0.187. The highest BCUT2D eigenvalue weighted by Crippen LogP contribution is 2.41. The van der Waals surface area contributed by atoms with E-state index in [2.05, 4.69) is 16.0 Å². The number of halogens is 3. The third-order valence-corrected chi connectivity index (χ3v) is 7.82. The van der Waals surface area contributed by atoms with Crippen molar-refractivity contribution >= 4 is 5.91 Å². The maximum atomic E-state index is 14.1. The minimum atomic E-state index is -4.63. The van der Waals surface area contributed by atoms with Gasteiger partial charge >= 0.3 is 6.18 Å². The van der Waals surface area contributed by atoms with Gasteiger partial charge in [0.15, 0.2) is 5.69 Å². The molecule has 1 saturated heterocycles. The number of H-pyrrole nitrogens is 1. The summed E-state index contributed by atoms with van der Waals surface area (Å²) in [6.07, 6.45) is -1.54. The van der Waals surface area contributed by atoms with Crippen LogP contribution in [0.4, 0.5) is 13.2 Å². The third kappa shape index (κ3) is 5.05. The lowest BCUT2D eigenvalue weighted by molar-refractivity contribution is -0.140. The molecule has 1 aliphatic heterocycles. The second-order valence-corrected chi connectivity index (χ2v) is 10.2. The molecular weight excluding hydrogens is 493 g/mol. The number of nitriles is 1. The van der Waals surface area contributed by atoms with Crippen molar-refractivity contribution in [2.75, 3.05) is 20.2 Å². The largest absolute Gasteiger partial charge is 0.435 e. The van der Waals surface area contributed by atoms with Gasteiger partial charge in [-0.1, -0.05) is 18.2 Å². The Balaban J connectivity index is 1.38. The van der Waals surface area contributed by atoms with Crippen LogP contribution in [0.2, 0.25) is 0 Å². The number of carbonyl (C=O) groups is 1. The summed E-state index contributed by atoms with van der Waals surface area (Å²) in [5, 5.41) is 8.98. The van der Waals surface area contributed by atoms with Crippen molar-refractivity contribution in [2.24, 2.45) is 0 Å². The van der Waals surface area contributed by atoms with Gasteiger partial charge in [-0.05, 0) is 68.0 Å². The number of aromatic nitrogens is 2. The van der Waals surface area contributed by atoms with E-state index in [-0.39, 0.29) is 29.5 Å². The topological polar surface area (TPSA) is 82.0 Å². The van der Waals surface area contributed by atoms with Gasteiger partial charge in [-0.25, -0.2) is 4.98 Å². The Hall–Kier alpha value is -3.64. The Morgan fingerprint density at radius 3 is 2.37 bits per heavy atom. The molecule has 0 spiro atoms. The molecule has 6 nitrogen and oxygen atoms in total. The average molecular weight is 523 g/mol. The summed E-state index contributed by atoms with van der Waals surface area (Å²) in [6.45, 7) is 2.76. The van der Waals surface area contributed by atoms with Gasteiger partial charge in [0.25, 0.3) is 5.91 Å². The van der Waals surface area contributed by atoms with Crippen molar-refractivity contribution in [3.8, 4) is 17.3 Å². The molecule has 2 aromatic carbocycles. The van der Waals surface area contributed by atoms with E-state index in [0.29, 0.717) is 54.0 Å². The highest BCUT2D eigenvalue weighted by Gasteiger charge is 2.40. The molecule has 2 fully saturated rings. The minimum absolute atomic E-state index is 0.0902. The zero-order valence-corrected chi connectivity index (χ0v) is 21.3. The van der Waals surface area contributed by atoms with Gasteiger partial charge in [0, 0.05) is 43.2 Å². The lowest BCUT2D eigenvalue weighted by atomic mass is 9.87. The quantitative estimate of drug-likeness (QED) is 0.433. The van der Waals surface area contributed by atoms with Crippen LogP contribution < -0.4 is 0 Å². The maximum absolute atomic E-state index is 14.1. The molecule has 2 heterocycles. The second kappa shape index (κ2) is 10.3. The number of nitrogens with one attached hydrogen (secondary N) is 1. The number of imidazole rings is 1. The highest BCUT2D eigenvalue weighted by molar-refractivity contribution is 5.96. The Labute approximate surface area is 219 Å². The first-order valence-corrected chi connectivity index (χ1v) is 12.8. The highest BCUT2D eigenvalue weighted by atomic mass is 19.4. The molecule has 198 valence electrons. The van der Waals surface area contributed by atoms with E-state index in [1.165, 1.54) is 0 Å². The number of carbonyl (C=O) groups excluding carboxylic acids is 1. The van der Waals surface area contributed by atoms with Gasteiger partial charge in [0.1, 0.15) is 5.82 Å². The van der Waals surface area contributed by atoms with Crippen LogP contribution in [0.25, 0.3) is 11.3 Å². The van der Waals surface area contributed by atoms with Crippen LogP contribution >= 0.6 is 0 Å². The fourth-order valence-corrected chi connectivity index (χ4v) is 5.45. The van der Waals surface area contributed by atoms with Gasteiger partial charge in [-0.15, -0.1) is 0 Å². The number of benzene rings is 2. The van der Waals surface area contributed by atoms with Gasteiger partial charge in [-0.3, -0.25) is 4.79 Å². The molecule has 1 N–H and O–H groups in total. The molecule has 1 aromatic heterocycles. The summed E-state index contributed by atoms with van der Waals surface area (Å²) in [5.41, 5.74) is 1.90. The molecule has 0 unspecified atom stereocenters. The first-order valence-electron chi connectivity index (χ1n) is 12.8. The first-order chi connectivity index (χ1) is 18.2. The van der Waals surface area contributed by atoms with Crippen molar-refractivity contribution in [2.45, 2.75) is 56.7 Å². The molecule has 2 aliphatic rings. The zero-order valence-electron chi connectivity index (χ0n) is 21.3. The van der Waals surface area contributed by atoms with E-state index >= 15 is 0 Å². The van der Waals surface area contributed by atoms with E-state index in [1.807, 2.05) is 12.1 Å². The van der Waals surface area contributed by atoms with Crippen LogP contribution in [-0.4, -0.2) is 47.1 Å². The maximum Gasteiger partial charge on any atom is 0.435 e. The number of hydrogen-bond donors (Lipinski definition) is 1. The number of ether oxygens (including phenoxy) is 1. The van der Waals surface area contributed by atoms with Crippen molar-refractivity contribution in [1.82, 2.24) is 14.9 Å². The van der Waals surface area contributed by atoms with E-state index < -0.39 is 11.9 Å². The van der Waals surface area contributed by atoms with Crippen molar-refractivity contribution in [3.63, 3.8) is 0 Å². The van der Waals surface area contributed by atoms with E-state index in [4.69, 9.17) is 10.00 Å². The van der Waals surface area contributed by atoms with Crippen LogP contribution in [0.15, 0.2) is 42.5 Å². The fraction of sp³-hybridized carbons (Fsp3) is 0.414. The van der Waals surface area contributed by atoms with Crippen molar-refractivity contribution < 1.29 is 22.7 Å². The number of amides is 1. The first kappa shape index (κ1) is 26.0. The Kier molecular flexibility index (Phi) is 7.01. The molecule has 3 aromatic rings. The van der Waals surface area contributed by atoms with E-state index in [0.717, 1.165) is 18.4 Å². The summed E-state index contributed by atoms with van der Waals surface area (Å²) in [6, 6.07) is 14.3. The number of rotatable bonds is 5. The van der Waals surface area contributed by atoms with Crippen molar-refractivity contribution in [3.05, 3.63) is 76.2 Å². The number of aromatic amines is 1. The van der Waals surface area contributed by atoms with E-state index in [1.54, 1.807) is 49.3 Å². The number of methoxy groups -OCH3 is 1. The monoisotopic (exact) mass is 522 g/mol. The summed E-state index contributed by atoms with van der Waals surface area (Å²) in [7, 11) is 1.65. The van der Waals surface area contributed by atoms with Gasteiger partial charge in [0.05, 0.1) is 23.4 Å². The number of alkyl halides is 3. The molecule has 5 rings (SSSR count). The fourth-order valence-electron chi connectivity index (χ4n) is 5.45. The standard InChI is InChI=1S/C29H29F3N4O2/c1-17-3-6-21(28(37)36-15-22(16-36)19-7-4-18(14-33)5-8-19)13-24(17)25-26(29(30,31)32)35-27(34-25)20-9-11-23(38-2)12-10-20/h3-8,13,20,22-23H,9-12,15-16H2,1-2H3,(H,34,35)/t20-,23+. The summed E-state index contributed by atoms with van der Waals surface area (Å²) in [4.78, 5) is 21.9. The smallest absolute Gasteiger partial charge is 0.381 e. The second-order valence-electron chi connectivity index (χ2n) is 10.2. The molecule has 9 heteroatoms. The zero-order chi connectivity index (χ0) is 27.0. The average Bonchev–Trinajstić information content (AvgIpc) is 3.34. The van der Waals surface area contributed by atoms with E-state index in [9.17, 15) is 18.0 Å². The lowest BCUT2D eigenvalue weighted by Crippen LogP contribution is -2.48. The molecule has 1 aliphatic carbocycles. The predicted octanol–water partition coefficient (Wildman–Crippen LogP) is 6.19. The van der Waals surface area contributed by atoms with Gasteiger partial charge in [0.2, 0.25) is 0 Å². The molecule has 0 atom stereocenters. The Bertz CT molecular complexity index is 1360. The van der Waals surface area contributed by atoms with Crippen molar-refractivity contribution in [1.29, 1.82) is 5.26 Å². The molecule has 1 saturated carbocycles. The van der Waals surface area contributed by atoms with Crippen LogP contribution in [0.3, 0.4) is 0 Å².